The quantitative estimate of drug-likeness (QED) is 0.270. The first-order valence-corrected chi connectivity index (χ1v) is 10.3. The summed E-state index contributed by atoms with van der Waals surface area (Å²) >= 11 is 0. The van der Waals surface area contributed by atoms with Crippen LogP contribution in [0.2, 0.25) is 0 Å². The fraction of sp³-hybridized carbons (Fsp3) is 0.0690. The minimum Gasteiger partial charge on any atom is -0.289 e. The van der Waals surface area contributed by atoms with Crippen LogP contribution < -0.4 is 0 Å². The second kappa shape index (κ2) is 7.61. The largest absolute Gasteiger partial charge is 0.289 e. The summed E-state index contributed by atoms with van der Waals surface area (Å²) in [5.41, 5.74) is 8.66. The molecule has 0 amide bonds. The number of hydrogen-bond acceptors (Lipinski definition) is 1. The molecule has 1 aliphatic carbocycles. The van der Waals surface area contributed by atoms with Crippen molar-refractivity contribution in [2.75, 3.05) is 0 Å². The van der Waals surface area contributed by atoms with Crippen LogP contribution in [0.5, 0.6) is 0 Å². The molecule has 1 aliphatic rings. The van der Waals surface area contributed by atoms with Gasteiger partial charge in [-0.1, -0.05) is 109 Å². The molecule has 1 nitrogen and oxygen atoms in total. The fourth-order valence-corrected chi connectivity index (χ4v) is 4.60. The number of carbonyl (C=O) groups is 1. The highest BCUT2D eigenvalue weighted by Gasteiger charge is 2.32. The molecule has 5 rings (SSSR count). The van der Waals surface area contributed by atoms with Crippen LogP contribution in [0.25, 0.3) is 16.7 Å². The minimum atomic E-state index is 0.0185. The van der Waals surface area contributed by atoms with E-state index in [1.54, 1.807) is 0 Å². The lowest BCUT2D eigenvalue weighted by Crippen LogP contribution is -2.16. The zero-order chi connectivity index (χ0) is 20.5. The number of hydrogen-bond donors (Lipinski definition) is 0. The summed E-state index contributed by atoms with van der Waals surface area (Å²) in [5, 5.41) is 0. The van der Waals surface area contributed by atoms with Crippen LogP contribution in [0.1, 0.15) is 39.9 Å². The van der Waals surface area contributed by atoms with Crippen molar-refractivity contribution in [3.8, 4) is 11.1 Å². The van der Waals surface area contributed by atoms with Gasteiger partial charge >= 0.3 is 0 Å². The van der Waals surface area contributed by atoms with Crippen molar-refractivity contribution in [3.05, 3.63) is 137 Å². The van der Waals surface area contributed by atoms with Gasteiger partial charge in [0.2, 0.25) is 0 Å². The Morgan fingerprint density at radius 1 is 0.600 bits per heavy atom. The molecule has 0 saturated heterocycles. The summed E-state index contributed by atoms with van der Waals surface area (Å²) in [5.74, 6) is 0.102. The van der Waals surface area contributed by atoms with Gasteiger partial charge in [-0.2, -0.15) is 0 Å². The molecule has 0 aliphatic heterocycles. The summed E-state index contributed by atoms with van der Waals surface area (Å²) in [6, 6.07) is 37.1. The summed E-state index contributed by atoms with van der Waals surface area (Å²) in [6.07, 6.45) is 0. The third-order valence-electron chi connectivity index (χ3n) is 5.98. The maximum atomic E-state index is 13.5. The van der Waals surface area contributed by atoms with Crippen molar-refractivity contribution < 1.29 is 4.79 Å². The van der Waals surface area contributed by atoms with Gasteiger partial charge in [-0.25, -0.2) is 0 Å². The first kappa shape index (κ1) is 18.3. The molecular weight excluding hydrogens is 364 g/mol. The number of Topliss-reactive ketones (excluding diaryl/α,β-unsaturated/α-hetero) is 1. The number of carbonyl (C=O) groups excluding carboxylic acids is 1. The van der Waals surface area contributed by atoms with E-state index < -0.39 is 0 Å². The van der Waals surface area contributed by atoms with Gasteiger partial charge in [-0.3, -0.25) is 4.79 Å². The normalized spacial score (nSPS) is 16.4. The second-order valence-corrected chi connectivity index (χ2v) is 7.71. The maximum Gasteiger partial charge on any atom is 0.189 e. The molecule has 4 aromatic rings. The van der Waals surface area contributed by atoms with Crippen LogP contribution in [0, 0.1) is 0 Å². The van der Waals surface area contributed by atoms with E-state index >= 15 is 0 Å². The van der Waals surface area contributed by atoms with Gasteiger partial charge in [0.05, 0.1) is 0 Å². The summed E-state index contributed by atoms with van der Waals surface area (Å²) < 4.78 is 0. The van der Waals surface area contributed by atoms with Gasteiger partial charge in [0.15, 0.2) is 5.78 Å². The Balaban J connectivity index is 1.82. The predicted molar refractivity (Wildman–Crippen MR) is 124 cm³/mol. The first-order valence-electron chi connectivity index (χ1n) is 10.3. The van der Waals surface area contributed by atoms with Crippen molar-refractivity contribution in [2.45, 2.75) is 12.8 Å². The molecule has 0 radical (unpaired) electrons. The highest BCUT2D eigenvalue weighted by Crippen LogP contribution is 2.50. The molecule has 0 N–H and O–H groups in total. The highest BCUT2D eigenvalue weighted by atomic mass is 16.1. The van der Waals surface area contributed by atoms with Crippen molar-refractivity contribution in [2.24, 2.45) is 0 Å². The number of rotatable bonds is 3. The Morgan fingerprint density at radius 2 is 1.13 bits per heavy atom. The van der Waals surface area contributed by atoms with Gasteiger partial charge in [0.25, 0.3) is 0 Å². The van der Waals surface area contributed by atoms with E-state index in [0.717, 1.165) is 22.3 Å². The molecule has 0 heterocycles. The standard InChI is InChI=1S/C29H22O/c1-20(29(30)22-14-6-3-7-15-22)27-25-18-10-8-16-23(25)24-17-9-11-19-26(24)28(27)21-12-4-2-5-13-21/h2-19,28H,1H3/b27-20+. The van der Waals surface area contributed by atoms with Crippen LogP contribution in [0.15, 0.2) is 115 Å². The lowest BCUT2D eigenvalue weighted by molar-refractivity contribution is 0.103. The molecule has 1 heteroatoms. The van der Waals surface area contributed by atoms with Crippen LogP contribution in [-0.4, -0.2) is 5.78 Å². The Labute approximate surface area is 177 Å². The average molecular weight is 386 g/mol. The van der Waals surface area contributed by atoms with Crippen molar-refractivity contribution >= 4 is 11.4 Å². The van der Waals surface area contributed by atoms with E-state index in [4.69, 9.17) is 0 Å². The highest BCUT2D eigenvalue weighted by molar-refractivity contribution is 6.15. The van der Waals surface area contributed by atoms with E-state index in [-0.39, 0.29) is 11.7 Å². The van der Waals surface area contributed by atoms with Gasteiger partial charge in [0.1, 0.15) is 0 Å². The number of allylic oxidation sites excluding steroid dienone is 2. The molecule has 0 bridgehead atoms. The third-order valence-corrected chi connectivity index (χ3v) is 5.98. The van der Waals surface area contributed by atoms with E-state index in [1.807, 2.05) is 43.3 Å². The molecule has 0 saturated carbocycles. The summed E-state index contributed by atoms with van der Waals surface area (Å²) in [7, 11) is 0. The molecular formula is C29H22O. The Hall–Kier alpha value is -3.71. The average Bonchev–Trinajstić information content (AvgIpc) is 2.83. The predicted octanol–water partition coefficient (Wildman–Crippen LogP) is 7.16. The topological polar surface area (TPSA) is 17.1 Å². The Morgan fingerprint density at radius 3 is 1.83 bits per heavy atom. The Bertz CT molecular complexity index is 1250. The van der Waals surface area contributed by atoms with E-state index in [1.165, 1.54) is 22.3 Å². The van der Waals surface area contributed by atoms with Crippen LogP contribution in [0.4, 0.5) is 0 Å². The monoisotopic (exact) mass is 386 g/mol. The number of fused-ring (bicyclic) bond motifs is 3. The molecule has 0 spiro atoms. The molecule has 0 aromatic heterocycles. The van der Waals surface area contributed by atoms with Crippen LogP contribution >= 0.6 is 0 Å². The summed E-state index contributed by atoms with van der Waals surface area (Å²) in [6.45, 7) is 1.98. The van der Waals surface area contributed by atoms with Crippen molar-refractivity contribution in [3.63, 3.8) is 0 Å². The molecule has 1 unspecified atom stereocenters. The molecule has 30 heavy (non-hydrogen) atoms. The van der Waals surface area contributed by atoms with Crippen molar-refractivity contribution in [1.29, 1.82) is 0 Å². The smallest absolute Gasteiger partial charge is 0.189 e. The molecule has 1 atom stereocenters. The van der Waals surface area contributed by atoms with Crippen LogP contribution in [0.3, 0.4) is 0 Å². The zero-order valence-electron chi connectivity index (χ0n) is 16.9. The van der Waals surface area contributed by atoms with Gasteiger partial charge in [-0.15, -0.1) is 0 Å². The Kier molecular flexibility index (Phi) is 4.65. The van der Waals surface area contributed by atoms with E-state index in [0.29, 0.717) is 0 Å². The van der Waals surface area contributed by atoms with Crippen molar-refractivity contribution in [1.82, 2.24) is 0 Å². The van der Waals surface area contributed by atoms with Gasteiger partial charge in [-0.05, 0) is 40.3 Å². The number of ketones is 1. The van der Waals surface area contributed by atoms with Gasteiger partial charge < -0.3 is 0 Å². The number of benzene rings is 4. The zero-order valence-corrected chi connectivity index (χ0v) is 16.9. The fourth-order valence-electron chi connectivity index (χ4n) is 4.60. The molecule has 4 aromatic carbocycles. The maximum absolute atomic E-state index is 13.5. The van der Waals surface area contributed by atoms with Gasteiger partial charge in [0, 0.05) is 17.1 Å². The van der Waals surface area contributed by atoms with Crippen LogP contribution in [-0.2, 0) is 0 Å². The van der Waals surface area contributed by atoms with E-state index in [2.05, 4.69) is 72.8 Å². The third kappa shape index (κ3) is 3.00. The summed E-state index contributed by atoms with van der Waals surface area (Å²) in [4.78, 5) is 13.5. The first-order chi connectivity index (χ1) is 14.8. The second-order valence-electron chi connectivity index (χ2n) is 7.71. The minimum absolute atomic E-state index is 0.0185. The lowest BCUT2D eigenvalue weighted by Gasteiger charge is -2.32. The SMILES string of the molecule is C/C(C(=O)c1ccccc1)=C1/c2ccccc2-c2ccccc2C1c1ccccc1. The lowest BCUT2D eigenvalue weighted by atomic mass is 9.70. The van der Waals surface area contributed by atoms with E-state index in [9.17, 15) is 4.79 Å². The molecule has 0 fully saturated rings. The molecule has 144 valence electrons.